The van der Waals surface area contributed by atoms with E-state index in [-0.39, 0.29) is 31.7 Å². The predicted molar refractivity (Wildman–Crippen MR) is 107 cm³/mol. The van der Waals surface area contributed by atoms with Gasteiger partial charge in [0.15, 0.2) is 11.3 Å². The highest BCUT2D eigenvalue weighted by molar-refractivity contribution is 5.88. The average molecular weight is 386 g/mol. The maximum absolute atomic E-state index is 9.87. The van der Waals surface area contributed by atoms with Gasteiger partial charge in [0.05, 0.1) is 31.1 Å². The van der Waals surface area contributed by atoms with Crippen molar-refractivity contribution in [1.82, 2.24) is 20.2 Å². The number of H-pyrrole nitrogens is 1. The third-order valence-corrected chi connectivity index (χ3v) is 4.41. The van der Waals surface area contributed by atoms with E-state index in [1.54, 1.807) is 0 Å². The largest absolute Gasteiger partial charge is 0.394 e. The Morgan fingerprint density at radius 1 is 1.04 bits per heavy atom. The summed E-state index contributed by atoms with van der Waals surface area (Å²) in [6.07, 6.45) is -0.917. The molecule has 9 nitrogen and oxygen atoms in total. The summed E-state index contributed by atoms with van der Waals surface area (Å²) in [6.45, 7) is 3.70. The maximum Gasteiger partial charge on any atom is 0.225 e. The topological polar surface area (TPSA) is 139 Å². The molecule has 2 heterocycles. The first-order chi connectivity index (χ1) is 13.5. The van der Waals surface area contributed by atoms with Crippen LogP contribution < -0.4 is 10.6 Å². The maximum atomic E-state index is 9.87. The van der Waals surface area contributed by atoms with Crippen LogP contribution in [-0.4, -0.2) is 61.3 Å². The Balaban J connectivity index is 1.99. The van der Waals surface area contributed by atoms with Crippen molar-refractivity contribution in [3.05, 3.63) is 41.6 Å². The number of hydrogen-bond acceptors (Lipinski definition) is 8. The second kappa shape index (κ2) is 8.96. The number of nitrogens with zero attached hydrogens (tertiary/aromatic N) is 3. The number of rotatable bonds is 9. The second-order valence-corrected chi connectivity index (χ2v) is 6.89. The van der Waals surface area contributed by atoms with Gasteiger partial charge >= 0.3 is 0 Å². The van der Waals surface area contributed by atoms with Crippen LogP contribution in [-0.2, 0) is 0 Å². The molecule has 0 unspecified atom stereocenters. The van der Waals surface area contributed by atoms with Gasteiger partial charge in [-0.05, 0) is 11.5 Å². The number of hydrogen-bond donors (Lipinski definition) is 6. The third kappa shape index (κ3) is 4.38. The van der Waals surface area contributed by atoms with Crippen LogP contribution in [0.5, 0.6) is 0 Å². The van der Waals surface area contributed by atoms with Crippen LogP contribution in [0.2, 0.25) is 0 Å². The first kappa shape index (κ1) is 20.0. The van der Waals surface area contributed by atoms with Gasteiger partial charge in [-0.15, -0.1) is 0 Å². The number of anilines is 2. The van der Waals surface area contributed by atoms with E-state index in [4.69, 9.17) is 5.11 Å². The Morgan fingerprint density at radius 3 is 2.43 bits per heavy atom. The number of aliphatic hydroxyl groups excluding tert-OH is 3. The van der Waals surface area contributed by atoms with Gasteiger partial charge in [0.2, 0.25) is 5.95 Å². The molecule has 0 radical (unpaired) electrons. The molecule has 0 saturated heterocycles. The van der Waals surface area contributed by atoms with Gasteiger partial charge < -0.3 is 26.0 Å². The molecular weight excluding hydrogens is 360 g/mol. The van der Waals surface area contributed by atoms with Crippen molar-refractivity contribution in [3.8, 4) is 0 Å². The van der Waals surface area contributed by atoms with E-state index >= 15 is 0 Å². The van der Waals surface area contributed by atoms with Crippen LogP contribution in [0.1, 0.15) is 37.1 Å². The Labute approximate surface area is 162 Å². The van der Waals surface area contributed by atoms with E-state index in [2.05, 4.69) is 30.8 Å². The number of aromatic amines is 1. The molecule has 0 bridgehead atoms. The molecule has 0 spiro atoms. The highest BCUT2D eigenvalue weighted by Crippen LogP contribution is 2.29. The Hall–Kier alpha value is -2.75. The summed E-state index contributed by atoms with van der Waals surface area (Å²) in [4.78, 5) is 8.99. The number of aromatic nitrogens is 4. The van der Waals surface area contributed by atoms with Crippen LogP contribution in [0.15, 0.2) is 30.3 Å². The molecular formula is C19H26N6O3. The van der Waals surface area contributed by atoms with Crippen molar-refractivity contribution in [2.45, 2.75) is 31.9 Å². The number of nitrogens with one attached hydrogen (secondary N) is 3. The van der Waals surface area contributed by atoms with E-state index in [1.165, 1.54) is 0 Å². The first-order valence-corrected chi connectivity index (χ1v) is 9.24. The molecule has 0 aliphatic rings. The summed E-state index contributed by atoms with van der Waals surface area (Å²) >= 11 is 0. The van der Waals surface area contributed by atoms with Crippen molar-refractivity contribution in [3.63, 3.8) is 0 Å². The van der Waals surface area contributed by atoms with E-state index < -0.39 is 6.10 Å². The molecule has 28 heavy (non-hydrogen) atoms. The minimum Gasteiger partial charge on any atom is -0.394 e. The minimum atomic E-state index is -0.917. The van der Waals surface area contributed by atoms with Gasteiger partial charge in [0.25, 0.3) is 0 Å². The fraction of sp³-hybridized carbons (Fsp3) is 0.421. The lowest BCUT2D eigenvalue weighted by Gasteiger charge is -2.18. The van der Waals surface area contributed by atoms with Gasteiger partial charge in [-0.2, -0.15) is 10.1 Å². The van der Waals surface area contributed by atoms with Gasteiger partial charge in [0, 0.05) is 6.54 Å². The molecule has 3 rings (SSSR count). The molecule has 2 atom stereocenters. The Kier molecular flexibility index (Phi) is 6.40. The Morgan fingerprint density at radius 2 is 1.79 bits per heavy atom. The summed E-state index contributed by atoms with van der Waals surface area (Å²) in [7, 11) is 0. The molecule has 0 fully saturated rings. The predicted octanol–water partition coefficient (Wildman–Crippen LogP) is 1.39. The van der Waals surface area contributed by atoms with Crippen LogP contribution >= 0.6 is 0 Å². The molecule has 0 aliphatic carbocycles. The van der Waals surface area contributed by atoms with E-state index in [0.29, 0.717) is 22.8 Å². The normalized spacial score (nSPS) is 13.6. The van der Waals surface area contributed by atoms with E-state index in [1.807, 2.05) is 44.2 Å². The van der Waals surface area contributed by atoms with Crippen LogP contribution in [0.25, 0.3) is 11.0 Å². The molecule has 150 valence electrons. The van der Waals surface area contributed by atoms with Gasteiger partial charge in [-0.3, -0.25) is 5.10 Å². The minimum absolute atomic E-state index is 0.110. The summed E-state index contributed by atoms with van der Waals surface area (Å²) in [5.41, 5.74) is 3.03. The molecule has 0 aliphatic heterocycles. The molecule has 9 heteroatoms. The SMILES string of the molecule is CC(C)c1[nH]nc2c(N[C@@H](CO)c3ccccc3)nc(NC[C@H](O)CO)nc12. The molecule has 6 N–H and O–H groups in total. The average Bonchev–Trinajstić information content (AvgIpc) is 3.15. The van der Waals surface area contributed by atoms with Crippen molar-refractivity contribution >= 4 is 22.8 Å². The summed E-state index contributed by atoms with van der Waals surface area (Å²) in [6, 6.07) is 9.21. The van der Waals surface area contributed by atoms with E-state index in [9.17, 15) is 10.2 Å². The Bertz CT molecular complexity index is 899. The summed E-state index contributed by atoms with van der Waals surface area (Å²) in [5, 5.41) is 42.1. The van der Waals surface area contributed by atoms with Crippen LogP contribution in [0.3, 0.4) is 0 Å². The lowest BCUT2D eigenvalue weighted by atomic mass is 10.1. The summed E-state index contributed by atoms with van der Waals surface area (Å²) in [5.74, 6) is 0.944. The highest BCUT2D eigenvalue weighted by atomic mass is 16.3. The van der Waals surface area contributed by atoms with Gasteiger partial charge in [-0.25, -0.2) is 4.98 Å². The lowest BCUT2D eigenvalue weighted by molar-refractivity contribution is 0.105. The molecule has 1 aromatic carbocycles. The zero-order valence-corrected chi connectivity index (χ0v) is 15.9. The highest BCUT2D eigenvalue weighted by Gasteiger charge is 2.20. The van der Waals surface area contributed by atoms with Crippen molar-refractivity contribution in [1.29, 1.82) is 0 Å². The number of benzene rings is 1. The van der Waals surface area contributed by atoms with Crippen molar-refractivity contribution in [2.75, 3.05) is 30.4 Å². The smallest absolute Gasteiger partial charge is 0.225 e. The monoisotopic (exact) mass is 386 g/mol. The second-order valence-electron chi connectivity index (χ2n) is 6.89. The zero-order chi connectivity index (χ0) is 20.1. The standard InChI is InChI=1S/C19H26N6O3/c1-11(2)15-16-17(25-24-15)18(23-19(22-16)20-8-13(28)9-26)21-14(10-27)12-6-4-3-5-7-12/h3-7,11,13-14,26-28H,8-10H2,1-2H3,(H,24,25)(H2,20,21,22,23)/t13-,14-/m0/s1. The van der Waals surface area contributed by atoms with Crippen LogP contribution in [0, 0.1) is 0 Å². The zero-order valence-electron chi connectivity index (χ0n) is 15.9. The fourth-order valence-electron chi connectivity index (χ4n) is 2.86. The lowest BCUT2D eigenvalue weighted by Crippen LogP contribution is -2.24. The fourth-order valence-corrected chi connectivity index (χ4v) is 2.86. The van der Waals surface area contributed by atoms with Crippen molar-refractivity contribution < 1.29 is 15.3 Å². The van der Waals surface area contributed by atoms with Crippen LogP contribution in [0.4, 0.5) is 11.8 Å². The van der Waals surface area contributed by atoms with Gasteiger partial charge in [0.1, 0.15) is 5.52 Å². The molecule has 2 aromatic heterocycles. The van der Waals surface area contributed by atoms with E-state index in [0.717, 1.165) is 11.3 Å². The molecule has 3 aromatic rings. The quantitative estimate of drug-likeness (QED) is 0.324. The van der Waals surface area contributed by atoms with Gasteiger partial charge in [-0.1, -0.05) is 44.2 Å². The molecule has 0 amide bonds. The van der Waals surface area contributed by atoms with Crippen molar-refractivity contribution in [2.24, 2.45) is 0 Å². The molecule has 0 saturated carbocycles. The summed E-state index contributed by atoms with van der Waals surface area (Å²) < 4.78 is 0. The third-order valence-electron chi connectivity index (χ3n) is 4.41. The number of aliphatic hydroxyl groups is 3. The first-order valence-electron chi connectivity index (χ1n) is 9.24. The number of fused-ring (bicyclic) bond motifs is 1.